The summed E-state index contributed by atoms with van der Waals surface area (Å²) in [5, 5.41) is 4.17. The Kier molecular flexibility index (Phi) is 4.51. The smallest absolute Gasteiger partial charge is 0.345 e. The molecule has 0 aliphatic rings. The number of para-hydroxylation sites is 1. The number of fused-ring (bicyclic) bond motifs is 3. The second kappa shape index (κ2) is 7.00. The number of benzene rings is 2. The Morgan fingerprint density at radius 1 is 1.07 bits per heavy atom. The van der Waals surface area contributed by atoms with Gasteiger partial charge in [0.2, 0.25) is 0 Å². The highest BCUT2D eigenvalue weighted by Gasteiger charge is 2.20. The zero-order chi connectivity index (χ0) is 19.8. The zero-order valence-corrected chi connectivity index (χ0v) is 16.2. The van der Waals surface area contributed by atoms with Crippen LogP contribution in [0.25, 0.3) is 21.9 Å². The molecule has 0 bridgehead atoms. The van der Waals surface area contributed by atoms with Crippen LogP contribution in [0.5, 0.6) is 0 Å². The lowest BCUT2D eigenvalue weighted by molar-refractivity contribution is 0.101. The first-order valence-electron chi connectivity index (χ1n) is 9.46. The van der Waals surface area contributed by atoms with E-state index in [-0.39, 0.29) is 5.91 Å². The molecule has 1 N–H and O–H groups in total. The molecule has 2 aromatic heterocycles. The lowest BCUT2D eigenvalue weighted by Crippen LogP contribution is -2.16. The maximum atomic E-state index is 13.0. The van der Waals surface area contributed by atoms with E-state index < -0.39 is 5.63 Å². The van der Waals surface area contributed by atoms with Crippen LogP contribution >= 0.6 is 0 Å². The summed E-state index contributed by atoms with van der Waals surface area (Å²) in [4.78, 5) is 25.4. The van der Waals surface area contributed by atoms with E-state index in [1.807, 2.05) is 54.0 Å². The van der Waals surface area contributed by atoms with E-state index in [2.05, 4.69) is 19.2 Å². The highest BCUT2D eigenvalue weighted by molar-refractivity contribution is 6.10. The average Bonchev–Trinajstić information content (AvgIpc) is 3.09. The van der Waals surface area contributed by atoms with Crippen LogP contribution < -0.4 is 10.9 Å². The fourth-order valence-corrected chi connectivity index (χ4v) is 3.56. The Balaban J connectivity index is 1.80. The monoisotopic (exact) mass is 374 g/mol. The van der Waals surface area contributed by atoms with E-state index in [4.69, 9.17) is 4.42 Å². The molecule has 0 saturated carbocycles. The number of hydrogen-bond donors (Lipinski definition) is 1. The Bertz CT molecular complexity index is 1230. The van der Waals surface area contributed by atoms with Gasteiger partial charge in [0.15, 0.2) is 0 Å². The number of carbonyl (C=O) groups is 1. The minimum absolute atomic E-state index is 0.251. The summed E-state index contributed by atoms with van der Waals surface area (Å²) in [5.74, 6) is 0.179. The molecule has 2 heterocycles. The normalized spacial score (nSPS) is 11.4. The number of rotatable bonds is 4. The van der Waals surface area contributed by atoms with Gasteiger partial charge >= 0.3 is 5.63 Å². The quantitative estimate of drug-likeness (QED) is 0.503. The van der Waals surface area contributed by atoms with Crippen LogP contribution in [0, 0.1) is 0 Å². The van der Waals surface area contributed by atoms with Crippen LogP contribution in [0.4, 0.5) is 5.69 Å². The minimum atomic E-state index is -0.434. The van der Waals surface area contributed by atoms with Gasteiger partial charge in [-0.15, -0.1) is 0 Å². The van der Waals surface area contributed by atoms with Crippen LogP contribution in [-0.4, -0.2) is 10.5 Å². The molecule has 0 spiro atoms. The largest absolute Gasteiger partial charge is 0.422 e. The van der Waals surface area contributed by atoms with Crippen molar-refractivity contribution in [3.63, 3.8) is 0 Å². The predicted molar refractivity (Wildman–Crippen MR) is 112 cm³/mol. The van der Waals surface area contributed by atoms with Gasteiger partial charge in [0.25, 0.3) is 5.91 Å². The van der Waals surface area contributed by atoms with Crippen LogP contribution in [0.2, 0.25) is 0 Å². The van der Waals surface area contributed by atoms with Crippen molar-refractivity contribution in [1.29, 1.82) is 0 Å². The molecule has 4 rings (SSSR count). The number of aryl methyl sites for hydroxylation is 1. The van der Waals surface area contributed by atoms with Crippen molar-refractivity contribution in [1.82, 2.24) is 4.57 Å². The van der Waals surface area contributed by atoms with Crippen molar-refractivity contribution < 1.29 is 9.21 Å². The second-order valence-corrected chi connectivity index (χ2v) is 7.15. The van der Waals surface area contributed by atoms with E-state index in [0.29, 0.717) is 29.1 Å². The molecule has 0 saturated heterocycles. The molecular formula is C23H22N2O3. The van der Waals surface area contributed by atoms with Gasteiger partial charge < -0.3 is 14.3 Å². The van der Waals surface area contributed by atoms with E-state index in [1.165, 1.54) is 5.56 Å². The highest BCUT2D eigenvalue weighted by Crippen LogP contribution is 2.27. The molecule has 0 unspecified atom stereocenters. The molecule has 1 amide bonds. The molecule has 142 valence electrons. The van der Waals surface area contributed by atoms with Crippen molar-refractivity contribution in [2.45, 2.75) is 33.2 Å². The predicted octanol–water partition coefficient (Wildman–Crippen LogP) is 5.14. The number of aromatic nitrogens is 1. The molecular weight excluding hydrogens is 352 g/mol. The average molecular weight is 374 g/mol. The van der Waals surface area contributed by atoms with Gasteiger partial charge in [-0.25, -0.2) is 4.79 Å². The maximum absolute atomic E-state index is 13.0. The SMILES string of the molecule is CCn1c(C(=O)Nc2ccc(C(C)C)cc2)cc2c(=O)oc3ccccc3c21. The summed E-state index contributed by atoms with van der Waals surface area (Å²) in [6, 6.07) is 16.8. The van der Waals surface area contributed by atoms with Gasteiger partial charge in [-0.3, -0.25) is 4.79 Å². The summed E-state index contributed by atoms with van der Waals surface area (Å²) in [5.41, 5.74) is 3.19. The minimum Gasteiger partial charge on any atom is -0.422 e. The first kappa shape index (κ1) is 18.0. The van der Waals surface area contributed by atoms with Gasteiger partial charge in [0.1, 0.15) is 11.3 Å². The third-order valence-corrected chi connectivity index (χ3v) is 5.05. The molecule has 0 aliphatic heterocycles. The molecule has 4 aromatic rings. The summed E-state index contributed by atoms with van der Waals surface area (Å²) in [7, 11) is 0. The molecule has 5 nitrogen and oxygen atoms in total. The fourth-order valence-electron chi connectivity index (χ4n) is 3.56. The summed E-state index contributed by atoms with van der Waals surface area (Å²) in [6.45, 7) is 6.77. The summed E-state index contributed by atoms with van der Waals surface area (Å²) in [6.07, 6.45) is 0. The van der Waals surface area contributed by atoms with Crippen molar-refractivity contribution in [3.8, 4) is 0 Å². The van der Waals surface area contributed by atoms with Crippen molar-refractivity contribution in [3.05, 3.63) is 76.3 Å². The number of carbonyl (C=O) groups excluding carboxylic acids is 1. The van der Waals surface area contributed by atoms with E-state index in [9.17, 15) is 9.59 Å². The maximum Gasteiger partial charge on any atom is 0.345 e. The lowest BCUT2D eigenvalue weighted by Gasteiger charge is -2.11. The highest BCUT2D eigenvalue weighted by atomic mass is 16.4. The number of hydrogen-bond acceptors (Lipinski definition) is 3. The number of amides is 1. The van der Waals surface area contributed by atoms with E-state index in [0.717, 1.165) is 16.6 Å². The van der Waals surface area contributed by atoms with Crippen LogP contribution in [0.15, 0.2) is 63.8 Å². The molecule has 28 heavy (non-hydrogen) atoms. The lowest BCUT2D eigenvalue weighted by atomic mass is 10.0. The summed E-state index contributed by atoms with van der Waals surface area (Å²) >= 11 is 0. The molecule has 0 aliphatic carbocycles. The molecule has 0 fully saturated rings. The standard InChI is InChI=1S/C23H22N2O3/c1-4-25-19(22(26)24-16-11-9-15(10-12-16)14(2)3)13-18-21(25)17-7-5-6-8-20(17)28-23(18)27/h5-14H,4H2,1-3H3,(H,24,26). The summed E-state index contributed by atoms with van der Waals surface area (Å²) < 4.78 is 7.29. The van der Waals surface area contributed by atoms with Crippen LogP contribution in [-0.2, 0) is 6.54 Å². The van der Waals surface area contributed by atoms with Crippen molar-refractivity contribution >= 4 is 33.5 Å². The van der Waals surface area contributed by atoms with Gasteiger partial charge in [-0.1, -0.05) is 38.1 Å². The fraction of sp³-hybridized carbons (Fsp3) is 0.217. The van der Waals surface area contributed by atoms with Gasteiger partial charge in [0, 0.05) is 17.6 Å². The Labute approximate surface area is 162 Å². The third-order valence-electron chi connectivity index (χ3n) is 5.05. The topological polar surface area (TPSA) is 64.2 Å². The Morgan fingerprint density at radius 3 is 2.46 bits per heavy atom. The van der Waals surface area contributed by atoms with Gasteiger partial charge in [0.05, 0.1) is 10.9 Å². The molecule has 2 aromatic carbocycles. The third kappa shape index (κ3) is 2.99. The van der Waals surface area contributed by atoms with Gasteiger partial charge in [-0.05, 0) is 48.7 Å². The van der Waals surface area contributed by atoms with Crippen molar-refractivity contribution in [2.24, 2.45) is 0 Å². The Hall–Kier alpha value is -3.34. The Morgan fingerprint density at radius 2 is 1.79 bits per heavy atom. The van der Waals surface area contributed by atoms with E-state index in [1.54, 1.807) is 12.1 Å². The second-order valence-electron chi connectivity index (χ2n) is 7.15. The number of anilines is 1. The number of nitrogens with zero attached hydrogens (tertiary/aromatic N) is 1. The molecule has 0 radical (unpaired) electrons. The first-order chi connectivity index (χ1) is 13.5. The van der Waals surface area contributed by atoms with Gasteiger partial charge in [-0.2, -0.15) is 0 Å². The zero-order valence-electron chi connectivity index (χ0n) is 16.2. The number of nitrogens with one attached hydrogen (secondary N) is 1. The molecule has 0 atom stereocenters. The molecule has 5 heteroatoms. The first-order valence-corrected chi connectivity index (χ1v) is 9.46. The van der Waals surface area contributed by atoms with Crippen LogP contribution in [0.1, 0.15) is 42.7 Å². The van der Waals surface area contributed by atoms with E-state index >= 15 is 0 Å². The van der Waals surface area contributed by atoms with Crippen molar-refractivity contribution in [2.75, 3.05) is 5.32 Å². The van der Waals surface area contributed by atoms with Crippen LogP contribution in [0.3, 0.4) is 0 Å².